The predicted octanol–water partition coefficient (Wildman–Crippen LogP) is 4.73. The molecule has 0 N–H and O–H groups in total. The molecule has 0 unspecified atom stereocenters. The zero-order valence-corrected chi connectivity index (χ0v) is 15.7. The largest absolute Gasteiger partial charge is 0.459 e. The zero-order valence-electron chi connectivity index (χ0n) is 15.7. The number of rotatable bonds is 6. The van der Waals surface area contributed by atoms with Crippen molar-refractivity contribution in [3.63, 3.8) is 0 Å². The van der Waals surface area contributed by atoms with Gasteiger partial charge in [0.05, 0.1) is 0 Å². The van der Waals surface area contributed by atoms with Crippen LogP contribution in [0.25, 0.3) is 0 Å². The van der Waals surface area contributed by atoms with Gasteiger partial charge in [0.2, 0.25) is 0 Å². The van der Waals surface area contributed by atoms with Gasteiger partial charge in [0.15, 0.2) is 0 Å². The van der Waals surface area contributed by atoms with E-state index < -0.39 is 0 Å². The molecule has 0 radical (unpaired) electrons. The maximum absolute atomic E-state index is 11.6. The predicted molar refractivity (Wildman–Crippen MR) is 97.9 cm³/mol. The molecule has 2 aliphatic carbocycles. The number of carbonyl (C=O) groups is 2. The van der Waals surface area contributed by atoms with Gasteiger partial charge in [0.25, 0.3) is 0 Å². The Hall–Kier alpha value is -1.58. The van der Waals surface area contributed by atoms with Crippen LogP contribution < -0.4 is 0 Å². The van der Waals surface area contributed by atoms with Crippen LogP contribution in [0.5, 0.6) is 0 Å². The minimum atomic E-state index is -0.258. The lowest BCUT2D eigenvalue weighted by atomic mass is 9.76. The summed E-state index contributed by atoms with van der Waals surface area (Å²) in [7, 11) is 0. The van der Waals surface area contributed by atoms with Crippen LogP contribution in [0.1, 0.15) is 71.6 Å². The molecule has 25 heavy (non-hydrogen) atoms. The molecular formula is C21H32O4. The molecule has 2 rings (SSSR count). The summed E-state index contributed by atoms with van der Waals surface area (Å²) in [6.07, 6.45) is 9.81. The Morgan fingerprint density at radius 3 is 1.32 bits per heavy atom. The van der Waals surface area contributed by atoms with Crippen LogP contribution >= 0.6 is 0 Å². The minimum Gasteiger partial charge on any atom is -0.459 e. The second-order valence-corrected chi connectivity index (χ2v) is 7.89. The molecule has 0 aromatic rings. The van der Waals surface area contributed by atoms with E-state index in [4.69, 9.17) is 9.47 Å². The normalized spacial score (nSPS) is 29.5. The van der Waals surface area contributed by atoms with E-state index in [0.717, 1.165) is 63.2 Å². The van der Waals surface area contributed by atoms with Crippen molar-refractivity contribution < 1.29 is 19.1 Å². The fraction of sp³-hybridized carbons (Fsp3) is 0.714. The van der Waals surface area contributed by atoms with E-state index in [1.165, 1.54) is 6.42 Å². The van der Waals surface area contributed by atoms with Crippen LogP contribution in [0.15, 0.2) is 24.3 Å². The van der Waals surface area contributed by atoms with Gasteiger partial charge < -0.3 is 9.47 Å². The number of hydrogen-bond acceptors (Lipinski definition) is 4. The average molecular weight is 348 g/mol. The molecule has 0 heterocycles. The quantitative estimate of drug-likeness (QED) is 0.514. The molecule has 0 aromatic heterocycles. The molecule has 2 saturated carbocycles. The first-order chi connectivity index (χ1) is 11.8. The lowest BCUT2D eigenvalue weighted by molar-refractivity contribution is -0.146. The molecule has 4 heteroatoms. The van der Waals surface area contributed by atoms with Crippen molar-refractivity contribution in [1.29, 1.82) is 0 Å². The smallest absolute Gasteiger partial charge is 0.333 e. The summed E-state index contributed by atoms with van der Waals surface area (Å²) in [4.78, 5) is 23.2. The van der Waals surface area contributed by atoms with Gasteiger partial charge in [-0.05, 0) is 83.5 Å². The maximum atomic E-state index is 11.6. The Morgan fingerprint density at radius 2 is 1.04 bits per heavy atom. The second-order valence-electron chi connectivity index (χ2n) is 7.89. The fourth-order valence-corrected chi connectivity index (χ4v) is 3.95. The molecule has 0 amide bonds. The molecule has 2 fully saturated rings. The zero-order chi connectivity index (χ0) is 18.4. The Balaban J connectivity index is 1.65. The van der Waals surface area contributed by atoms with Crippen molar-refractivity contribution in [3.05, 3.63) is 24.3 Å². The van der Waals surface area contributed by atoms with E-state index in [0.29, 0.717) is 11.1 Å². The van der Waals surface area contributed by atoms with Crippen molar-refractivity contribution in [2.24, 2.45) is 11.8 Å². The summed E-state index contributed by atoms with van der Waals surface area (Å²) in [5.74, 6) is 0.954. The van der Waals surface area contributed by atoms with E-state index in [2.05, 4.69) is 13.2 Å². The van der Waals surface area contributed by atoms with Crippen LogP contribution in [-0.4, -0.2) is 24.1 Å². The number of ether oxygens (including phenoxy) is 2. The van der Waals surface area contributed by atoms with Crippen LogP contribution in [0.4, 0.5) is 0 Å². The van der Waals surface area contributed by atoms with E-state index in [-0.39, 0.29) is 24.1 Å². The third kappa shape index (κ3) is 6.33. The third-order valence-electron chi connectivity index (χ3n) is 5.50. The van der Waals surface area contributed by atoms with Crippen LogP contribution in [0.3, 0.4) is 0 Å². The topological polar surface area (TPSA) is 52.6 Å². The molecule has 0 bridgehead atoms. The molecule has 0 saturated heterocycles. The fourth-order valence-electron chi connectivity index (χ4n) is 3.95. The summed E-state index contributed by atoms with van der Waals surface area (Å²) in [5, 5.41) is 0. The third-order valence-corrected chi connectivity index (χ3v) is 5.50. The van der Waals surface area contributed by atoms with Crippen LogP contribution in [0.2, 0.25) is 0 Å². The molecule has 0 spiro atoms. The highest BCUT2D eigenvalue weighted by Gasteiger charge is 2.29. The summed E-state index contributed by atoms with van der Waals surface area (Å²) in [6, 6.07) is 0. The SMILES string of the molecule is C=C(C)C(=O)OC1CCC(CC2CCC(OC(=O)C(=C)C)CC2)CC1. The van der Waals surface area contributed by atoms with E-state index in [1.54, 1.807) is 13.8 Å². The first-order valence-corrected chi connectivity index (χ1v) is 9.58. The standard InChI is InChI=1S/C21H32O4/c1-14(2)20(22)24-18-9-5-16(6-10-18)13-17-7-11-19(12-8-17)25-21(23)15(3)4/h16-19H,1,3,5-13H2,2,4H3. The molecular weight excluding hydrogens is 316 g/mol. The number of esters is 2. The average Bonchev–Trinajstić information content (AvgIpc) is 2.58. The minimum absolute atomic E-state index is 0.0674. The van der Waals surface area contributed by atoms with Gasteiger partial charge in [-0.1, -0.05) is 13.2 Å². The number of hydrogen-bond donors (Lipinski definition) is 0. The Morgan fingerprint density at radius 1 is 0.720 bits per heavy atom. The summed E-state index contributed by atoms with van der Waals surface area (Å²) in [5.41, 5.74) is 0.956. The lowest BCUT2D eigenvalue weighted by Crippen LogP contribution is -2.28. The van der Waals surface area contributed by atoms with E-state index >= 15 is 0 Å². The summed E-state index contributed by atoms with van der Waals surface area (Å²) < 4.78 is 10.9. The maximum Gasteiger partial charge on any atom is 0.333 e. The number of carbonyl (C=O) groups excluding carboxylic acids is 2. The van der Waals surface area contributed by atoms with Crippen LogP contribution in [-0.2, 0) is 19.1 Å². The Bertz CT molecular complexity index is 460. The van der Waals surface area contributed by atoms with Gasteiger partial charge in [0, 0.05) is 11.1 Å². The summed E-state index contributed by atoms with van der Waals surface area (Å²) in [6.45, 7) is 10.7. The Labute approximate surface area is 151 Å². The second kappa shape index (κ2) is 9.21. The highest BCUT2D eigenvalue weighted by atomic mass is 16.5. The van der Waals surface area contributed by atoms with Crippen molar-refractivity contribution in [2.75, 3.05) is 0 Å². The van der Waals surface area contributed by atoms with Gasteiger partial charge in [0.1, 0.15) is 12.2 Å². The lowest BCUT2D eigenvalue weighted by Gasteiger charge is -2.33. The van der Waals surface area contributed by atoms with Crippen molar-refractivity contribution in [2.45, 2.75) is 83.8 Å². The molecule has 4 nitrogen and oxygen atoms in total. The highest BCUT2D eigenvalue weighted by Crippen LogP contribution is 2.36. The van der Waals surface area contributed by atoms with Crippen molar-refractivity contribution >= 4 is 11.9 Å². The first-order valence-electron chi connectivity index (χ1n) is 9.58. The highest BCUT2D eigenvalue weighted by molar-refractivity contribution is 5.87. The van der Waals surface area contributed by atoms with E-state index in [9.17, 15) is 9.59 Å². The monoisotopic (exact) mass is 348 g/mol. The molecule has 0 atom stereocenters. The molecule has 2 aliphatic rings. The van der Waals surface area contributed by atoms with Crippen LogP contribution in [0, 0.1) is 11.8 Å². The van der Waals surface area contributed by atoms with Gasteiger partial charge in [-0.15, -0.1) is 0 Å². The molecule has 0 aliphatic heterocycles. The van der Waals surface area contributed by atoms with Crippen molar-refractivity contribution in [1.82, 2.24) is 0 Å². The molecule has 140 valence electrons. The first kappa shape index (κ1) is 19.7. The molecule has 0 aromatic carbocycles. The van der Waals surface area contributed by atoms with E-state index in [1.807, 2.05) is 0 Å². The van der Waals surface area contributed by atoms with Crippen molar-refractivity contribution in [3.8, 4) is 0 Å². The van der Waals surface area contributed by atoms with Gasteiger partial charge in [-0.25, -0.2) is 9.59 Å². The Kier molecular flexibility index (Phi) is 7.27. The van der Waals surface area contributed by atoms with Gasteiger partial charge >= 0.3 is 11.9 Å². The van der Waals surface area contributed by atoms with Gasteiger partial charge in [-0.2, -0.15) is 0 Å². The summed E-state index contributed by atoms with van der Waals surface area (Å²) >= 11 is 0. The van der Waals surface area contributed by atoms with Gasteiger partial charge in [-0.3, -0.25) is 0 Å².